The number of benzene rings is 1. The predicted octanol–water partition coefficient (Wildman–Crippen LogP) is 5.89. The molecule has 0 unspecified atom stereocenters. The highest BCUT2D eigenvalue weighted by Gasteiger charge is 2.28. The highest BCUT2D eigenvalue weighted by molar-refractivity contribution is 5.84. The molecule has 1 aromatic carbocycles. The molecule has 3 heteroatoms. The Kier molecular flexibility index (Phi) is 5.80. The highest BCUT2D eigenvalue weighted by atomic mass is 16.5. The Morgan fingerprint density at radius 1 is 1.08 bits per heavy atom. The maximum atomic E-state index is 12.4. The number of allylic oxidation sites excluding steroid dienone is 1. The average Bonchev–Trinajstić information content (AvgIpc) is 2.99. The standard InChI is InChI=1S/C23H30O3/c1-16-14-18(22(2,3)4)21(19(15-16)23(5,6)7)26-20(24)12-8-10-17-11-9-13-25-17/h8-9,11-15H,10H2,1-7H3/b12-8-. The molecule has 0 aliphatic carbocycles. The Balaban J connectivity index is 2.34. The van der Waals surface area contributed by atoms with Gasteiger partial charge in [-0.25, -0.2) is 4.79 Å². The summed E-state index contributed by atoms with van der Waals surface area (Å²) in [4.78, 5) is 12.4. The van der Waals surface area contributed by atoms with E-state index in [0.717, 1.165) is 16.9 Å². The number of aryl methyl sites for hydroxylation is 1. The van der Waals surface area contributed by atoms with Gasteiger partial charge in [-0.05, 0) is 29.9 Å². The quantitative estimate of drug-likeness (QED) is 0.390. The normalized spacial score (nSPS) is 12.6. The fraction of sp³-hybridized carbons (Fsp3) is 0.435. The first kappa shape index (κ1) is 20.0. The Hall–Kier alpha value is -2.29. The summed E-state index contributed by atoms with van der Waals surface area (Å²) in [6.45, 7) is 14.9. The molecule has 0 aliphatic heterocycles. The van der Waals surface area contributed by atoms with E-state index in [4.69, 9.17) is 9.15 Å². The number of esters is 1. The molecule has 0 saturated heterocycles. The lowest BCUT2D eigenvalue weighted by molar-refractivity contribution is -0.129. The monoisotopic (exact) mass is 354 g/mol. The van der Waals surface area contributed by atoms with Crippen molar-refractivity contribution in [2.24, 2.45) is 0 Å². The minimum atomic E-state index is -0.364. The van der Waals surface area contributed by atoms with Crippen LogP contribution in [0.4, 0.5) is 0 Å². The minimum Gasteiger partial charge on any atom is -0.469 e. The summed E-state index contributed by atoms with van der Waals surface area (Å²) in [5.41, 5.74) is 3.03. The van der Waals surface area contributed by atoms with Crippen molar-refractivity contribution in [1.29, 1.82) is 0 Å². The average molecular weight is 354 g/mol. The zero-order valence-electron chi connectivity index (χ0n) is 17.0. The van der Waals surface area contributed by atoms with Gasteiger partial charge in [-0.1, -0.05) is 65.3 Å². The number of carbonyl (C=O) groups excluding carboxylic acids is 1. The summed E-state index contributed by atoms with van der Waals surface area (Å²) in [6, 6.07) is 7.94. The zero-order valence-corrected chi connectivity index (χ0v) is 17.0. The van der Waals surface area contributed by atoms with Gasteiger partial charge in [0.15, 0.2) is 0 Å². The molecule has 2 aromatic rings. The molecule has 1 heterocycles. The molecule has 26 heavy (non-hydrogen) atoms. The minimum absolute atomic E-state index is 0.125. The fourth-order valence-electron chi connectivity index (χ4n) is 2.83. The number of carbonyl (C=O) groups is 1. The number of hydrogen-bond donors (Lipinski definition) is 0. The smallest absolute Gasteiger partial charge is 0.335 e. The van der Waals surface area contributed by atoms with Crippen LogP contribution in [0.5, 0.6) is 5.75 Å². The van der Waals surface area contributed by atoms with Crippen LogP contribution in [-0.4, -0.2) is 5.97 Å². The van der Waals surface area contributed by atoms with Crippen LogP contribution in [0.3, 0.4) is 0 Å². The summed E-state index contributed by atoms with van der Waals surface area (Å²) in [5.74, 6) is 1.13. The SMILES string of the molecule is Cc1cc(C(C)(C)C)c(OC(=O)/C=C\Cc2ccco2)c(C(C)(C)C)c1. The molecule has 0 aliphatic rings. The largest absolute Gasteiger partial charge is 0.469 e. The van der Waals surface area contributed by atoms with Crippen LogP contribution in [0, 0.1) is 6.92 Å². The third-order valence-electron chi connectivity index (χ3n) is 4.21. The Labute approximate surface area is 157 Å². The first-order valence-electron chi connectivity index (χ1n) is 9.05. The first-order chi connectivity index (χ1) is 12.0. The molecular formula is C23H30O3. The highest BCUT2D eigenvalue weighted by Crippen LogP contribution is 2.40. The maximum Gasteiger partial charge on any atom is 0.335 e. The van der Waals surface area contributed by atoms with Gasteiger partial charge in [0.05, 0.1) is 6.26 Å². The second-order valence-electron chi connectivity index (χ2n) is 8.80. The van der Waals surface area contributed by atoms with E-state index in [-0.39, 0.29) is 16.8 Å². The van der Waals surface area contributed by atoms with Gasteiger partial charge in [-0.3, -0.25) is 0 Å². The molecule has 0 amide bonds. The van der Waals surface area contributed by atoms with Crippen LogP contribution in [-0.2, 0) is 22.0 Å². The summed E-state index contributed by atoms with van der Waals surface area (Å²) < 4.78 is 11.1. The van der Waals surface area contributed by atoms with Crippen molar-refractivity contribution in [1.82, 2.24) is 0 Å². The summed E-state index contributed by atoms with van der Waals surface area (Å²) in [7, 11) is 0. The van der Waals surface area contributed by atoms with E-state index < -0.39 is 0 Å². The molecule has 0 atom stereocenters. The Morgan fingerprint density at radius 3 is 2.12 bits per heavy atom. The van der Waals surface area contributed by atoms with E-state index in [2.05, 4.69) is 60.6 Å². The van der Waals surface area contributed by atoms with Crippen LogP contribution in [0.1, 0.15) is 64.0 Å². The lowest BCUT2D eigenvalue weighted by Crippen LogP contribution is -2.21. The second kappa shape index (κ2) is 7.53. The third-order valence-corrected chi connectivity index (χ3v) is 4.21. The molecule has 0 bridgehead atoms. The van der Waals surface area contributed by atoms with E-state index in [1.807, 2.05) is 12.1 Å². The van der Waals surface area contributed by atoms with E-state index >= 15 is 0 Å². The van der Waals surface area contributed by atoms with E-state index in [1.165, 1.54) is 11.6 Å². The van der Waals surface area contributed by atoms with Crippen molar-refractivity contribution in [3.8, 4) is 5.75 Å². The lowest BCUT2D eigenvalue weighted by atomic mass is 9.78. The molecule has 0 spiro atoms. The summed E-state index contributed by atoms with van der Waals surface area (Å²) in [6.07, 6.45) is 5.43. The van der Waals surface area contributed by atoms with Gasteiger partial charge in [0.1, 0.15) is 11.5 Å². The molecule has 2 rings (SSSR count). The molecule has 0 radical (unpaired) electrons. The predicted molar refractivity (Wildman–Crippen MR) is 106 cm³/mol. The van der Waals surface area contributed by atoms with Crippen LogP contribution < -0.4 is 4.74 Å². The second-order valence-corrected chi connectivity index (χ2v) is 8.80. The van der Waals surface area contributed by atoms with Crippen LogP contribution in [0.25, 0.3) is 0 Å². The molecular weight excluding hydrogens is 324 g/mol. The number of rotatable bonds is 4. The fourth-order valence-corrected chi connectivity index (χ4v) is 2.83. The van der Waals surface area contributed by atoms with Crippen molar-refractivity contribution < 1.29 is 13.9 Å². The van der Waals surface area contributed by atoms with Gasteiger partial charge in [-0.2, -0.15) is 0 Å². The van der Waals surface area contributed by atoms with E-state index in [9.17, 15) is 4.79 Å². The Morgan fingerprint density at radius 2 is 1.65 bits per heavy atom. The van der Waals surface area contributed by atoms with Crippen LogP contribution >= 0.6 is 0 Å². The van der Waals surface area contributed by atoms with Gasteiger partial charge >= 0.3 is 5.97 Å². The van der Waals surface area contributed by atoms with Gasteiger partial charge < -0.3 is 9.15 Å². The maximum absolute atomic E-state index is 12.4. The van der Waals surface area contributed by atoms with Crippen LogP contribution in [0.15, 0.2) is 47.1 Å². The van der Waals surface area contributed by atoms with Gasteiger partial charge in [-0.15, -0.1) is 0 Å². The summed E-state index contributed by atoms with van der Waals surface area (Å²) >= 11 is 0. The van der Waals surface area contributed by atoms with Gasteiger partial charge in [0.25, 0.3) is 0 Å². The molecule has 0 N–H and O–H groups in total. The van der Waals surface area contributed by atoms with Crippen LogP contribution in [0.2, 0.25) is 0 Å². The van der Waals surface area contributed by atoms with E-state index in [0.29, 0.717) is 12.2 Å². The summed E-state index contributed by atoms with van der Waals surface area (Å²) in [5, 5.41) is 0. The number of hydrogen-bond acceptors (Lipinski definition) is 3. The first-order valence-corrected chi connectivity index (χ1v) is 9.05. The Bertz CT molecular complexity index is 747. The molecule has 0 saturated carbocycles. The zero-order chi connectivity index (χ0) is 19.5. The number of furan rings is 1. The molecule has 3 nitrogen and oxygen atoms in total. The topological polar surface area (TPSA) is 39.4 Å². The van der Waals surface area contributed by atoms with Gasteiger partial charge in [0, 0.05) is 23.6 Å². The number of ether oxygens (including phenoxy) is 1. The third kappa shape index (κ3) is 5.10. The van der Waals surface area contributed by atoms with Crippen molar-refractivity contribution in [2.45, 2.75) is 65.7 Å². The lowest BCUT2D eigenvalue weighted by Gasteiger charge is -2.29. The van der Waals surface area contributed by atoms with Crippen molar-refractivity contribution in [3.05, 3.63) is 65.1 Å². The van der Waals surface area contributed by atoms with Crippen molar-refractivity contribution in [2.75, 3.05) is 0 Å². The molecule has 0 fully saturated rings. The van der Waals surface area contributed by atoms with Crippen molar-refractivity contribution in [3.63, 3.8) is 0 Å². The molecule has 140 valence electrons. The van der Waals surface area contributed by atoms with E-state index in [1.54, 1.807) is 12.3 Å². The van der Waals surface area contributed by atoms with Gasteiger partial charge in [0.2, 0.25) is 0 Å². The van der Waals surface area contributed by atoms with Crippen molar-refractivity contribution >= 4 is 5.97 Å². The molecule has 1 aromatic heterocycles.